The van der Waals surface area contributed by atoms with Crippen LogP contribution in [0.4, 0.5) is 0 Å². The molecule has 1 amide bonds. The van der Waals surface area contributed by atoms with Gasteiger partial charge in [-0.05, 0) is 19.2 Å². The molecule has 0 saturated heterocycles. The van der Waals surface area contributed by atoms with Crippen molar-refractivity contribution >= 4 is 5.91 Å². The van der Waals surface area contributed by atoms with E-state index in [0.29, 0.717) is 13.1 Å². The first kappa shape index (κ1) is 11.7. The van der Waals surface area contributed by atoms with E-state index >= 15 is 0 Å². The van der Waals surface area contributed by atoms with Gasteiger partial charge in [-0.2, -0.15) is 0 Å². The van der Waals surface area contributed by atoms with Crippen LogP contribution >= 0.6 is 0 Å². The number of likely N-dealkylation sites (N-methyl/N-ethyl adjacent to an activating group) is 2. The second-order valence-corrected chi connectivity index (χ2v) is 3.42. The maximum atomic E-state index is 11.4. The highest BCUT2D eigenvalue weighted by atomic mass is 16.2. The third-order valence-electron chi connectivity index (χ3n) is 2.18. The molecule has 1 aromatic rings. The number of hydrogen-bond acceptors (Lipinski definition) is 3. The van der Waals surface area contributed by atoms with Crippen molar-refractivity contribution in [2.45, 2.75) is 6.42 Å². The number of nitrogens with zero attached hydrogens (tertiary/aromatic N) is 2. The lowest BCUT2D eigenvalue weighted by Crippen LogP contribution is -2.35. The number of hydrogen-bond donors (Lipinski definition) is 1. The van der Waals surface area contributed by atoms with Crippen molar-refractivity contribution in [2.24, 2.45) is 0 Å². The Morgan fingerprint density at radius 3 is 2.93 bits per heavy atom. The van der Waals surface area contributed by atoms with Crippen LogP contribution in [-0.4, -0.2) is 43.0 Å². The summed E-state index contributed by atoms with van der Waals surface area (Å²) in [6.45, 7) is 1.09. The molecular formula is C11H17N3O. The molecule has 0 aliphatic heterocycles. The van der Waals surface area contributed by atoms with Crippen LogP contribution in [0.3, 0.4) is 0 Å². The van der Waals surface area contributed by atoms with Crippen LogP contribution in [0.2, 0.25) is 0 Å². The zero-order valence-electron chi connectivity index (χ0n) is 9.23. The third kappa shape index (κ3) is 4.08. The standard InChI is InChI=1S/C11H17N3O/c1-12-9-11(15)14(2)8-6-10-5-3-4-7-13-10/h3-5,7,12H,6,8-9H2,1-2H3. The summed E-state index contributed by atoms with van der Waals surface area (Å²) in [5.74, 6) is 0.105. The first-order valence-electron chi connectivity index (χ1n) is 5.02. The summed E-state index contributed by atoms with van der Waals surface area (Å²) in [6.07, 6.45) is 2.57. The number of rotatable bonds is 5. The van der Waals surface area contributed by atoms with Crippen molar-refractivity contribution in [2.75, 3.05) is 27.2 Å². The van der Waals surface area contributed by atoms with Crippen LogP contribution in [0.5, 0.6) is 0 Å². The van der Waals surface area contributed by atoms with Gasteiger partial charge < -0.3 is 10.2 Å². The average Bonchev–Trinajstić information content (AvgIpc) is 2.27. The Balaban J connectivity index is 2.34. The van der Waals surface area contributed by atoms with Gasteiger partial charge in [-0.15, -0.1) is 0 Å². The Bertz CT molecular complexity index is 300. The van der Waals surface area contributed by atoms with Gasteiger partial charge in [0.2, 0.25) is 5.91 Å². The maximum Gasteiger partial charge on any atom is 0.236 e. The van der Waals surface area contributed by atoms with Crippen molar-refractivity contribution in [1.29, 1.82) is 0 Å². The van der Waals surface area contributed by atoms with E-state index in [9.17, 15) is 4.79 Å². The Hall–Kier alpha value is -1.42. The van der Waals surface area contributed by atoms with Gasteiger partial charge in [-0.3, -0.25) is 9.78 Å². The minimum Gasteiger partial charge on any atom is -0.344 e. The predicted octanol–water partition coefficient (Wildman–Crippen LogP) is 0.302. The van der Waals surface area contributed by atoms with E-state index in [-0.39, 0.29) is 5.91 Å². The fourth-order valence-corrected chi connectivity index (χ4v) is 1.24. The monoisotopic (exact) mass is 207 g/mol. The molecule has 0 radical (unpaired) electrons. The number of aromatic nitrogens is 1. The molecule has 82 valence electrons. The molecule has 1 rings (SSSR count). The molecule has 0 aliphatic rings. The summed E-state index contributed by atoms with van der Waals surface area (Å²) in [5, 5.41) is 2.84. The molecular weight excluding hydrogens is 190 g/mol. The Morgan fingerprint density at radius 1 is 1.53 bits per heavy atom. The lowest BCUT2D eigenvalue weighted by atomic mass is 10.2. The molecule has 1 heterocycles. The second-order valence-electron chi connectivity index (χ2n) is 3.42. The zero-order valence-corrected chi connectivity index (χ0v) is 9.23. The molecule has 0 unspecified atom stereocenters. The topological polar surface area (TPSA) is 45.2 Å². The van der Waals surface area contributed by atoms with Crippen molar-refractivity contribution < 1.29 is 4.79 Å². The van der Waals surface area contributed by atoms with Crippen molar-refractivity contribution in [1.82, 2.24) is 15.2 Å². The summed E-state index contributed by atoms with van der Waals surface area (Å²) in [6, 6.07) is 5.81. The summed E-state index contributed by atoms with van der Waals surface area (Å²) >= 11 is 0. The number of nitrogens with one attached hydrogen (secondary N) is 1. The van der Waals surface area contributed by atoms with Gasteiger partial charge >= 0.3 is 0 Å². The van der Waals surface area contributed by atoms with E-state index in [1.54, 1.807) is 18.1 Å². The number of carbonyl (C=O) groups excluding carboxylic acids is 1. The van der Waals surface area contributed by atoms with Gasteiger partial charge in [0.25, 0.3) is 0 Å². The summed E-state index contributed by atoms with van der Waals surface area (Å²) in [5.41, 5.74) is 1.02. The van der Waals surface area contributed by atoms with E-state index in [4.69, 9.17) is 0 Å². The zero-order chi connectivity index (χ0) is 11.1. The lowest BCUT2D eigenvalue weighted by Gasteiger charge is -2.16. The maximum absolute atomic E-state index is 11.4. The number of pyridine rings is 1. The molecule has 15 heavy (non-hydrogen) atoms. The van der Waals surface area contributed by atoms with E-state index < -0.39 is 0 Å². The second kappa shape index (κ2) is 6.14. The fourth-order valence-electron chi connectivity index (χ4n) is 1.24. The van der Waals surface area contributed by atoms with E-state index in [0.717, 1.165) is 12.1 Å². The molecule has 0 bridgehead atoms. The van der Waals surface area contributed by atoms with Gasteiger partial charge in [0.15, 0.2) is 0 Å². The first-order valence-corrected chi connectivity index (χ1v) is 5.02. The molecule has 1 aromatic heterocycles. The van der Waals surface area contributed by atoms with Crippen LogP contribution in [0.1, 0.15) is 5.69 Å². The highest BCUT2D eigenvalue weighted by molar-refractivity contribution is 5.77. The van der Waals surface area contributed by atoms with Crippen molar-refractivity contribution in [3.8, 4) is 0 Å². The van der Waals surface area contributed by atoms with Crippen LogP contribution in [0, 0.1) is 0 Å². The van der Waals surface area contributed by atoms with E-state index in [1.165, 1.54) is 0 Å². The van der Waals surface area contributed by atoms with Gasteiger partial charge in [0, 0.05) is 31.9 Å². The summed E-state index contributed by atoms with van der Waals surface area (Å²) < 4.78 is 0. The van der Waals surface area contributed by atoms with Gasteiger partial charge in [0.05, 0.1) is 6.54 Å². The fraction of sp³-hybridized carbons (Fsp3) is 0.455. The molecule has 0 saturated carbocycles. The highest BCUT2D eigenvalue weighted by Crippen LogP contribution is 1.96. The van der Waals surface area contributed by atoms with E-state index in [2.05, 4.69) is 10.3 Å². The molecule has 0 aromatic carbocycles. The van der Waals surface area contributed by atoms with Crippen LogP contribution < -0.4 is 5.32 Å². The van der Waals surface area contributed by atoms with Crippen LogP contribution in [0.25, 0.3) is 0 Å². The molecule has 4 heteroatoms. The molecule has 0 atom stereocenters. The van der Waals surface area contributed by atoms with Gasteiger partial charge in [-0.25, -0.2) is 0 Å². The van der Waals surface area contributed by atoms with Crippen molar-refractivity contribution in [3.05, 3.63) is 30.1 Å². The quantitative estimate of drug-likeness (QED) is 0.755. The molecule has 0 aliphatic carbocycles. The number of carbonyl (C=O) groups is 1. The smallest absolute Gasteiger partial charge is 0.236 e. The SMILES string of the molecule is CNCC(=O)N(C)CCc1ccccn1. The summed E-state index contributed by atoms with van der Waals surface area (Å²) in [7, 11) is 3.58. The van der Waals surface area contributed by atoms with Crippen molar-refractivity contribution in [3.63, 3.8) is 0 Å². The summed E-state index contributed by atoms with van der Waals surface area (Å²) in [4.78, 5) is 17.3. The lowest BCUT2D eigenvalue weighted by molar-refractivity contribution is -0.128. The third-order valence-corrected chi connectivity index (χ3v) is 2.18. The minimum absolute atomic E-state index is 0.105. The normalized spacial score (nSPS) is 10.0. The Kier molecular flexibility index (Phi) is 4.77. The van der Waals surface area contributed by atoms with E-state index in [1.807, 2.05) is 25.2 Å². The molecule has 4 nitrogen and oxygen atoms in total. The highest BCUT2D eigenvalue weighted by Gasteiger charge is 2.06. The van der Waals surface area contributed by atoms with Gasteiger partial charge in [-0.1, -0.05) is 6.07 Å². The average molecular weight is 207 g/mol. The minimum atomic E-state index is 0.105. The molecule has 0 spiro atoms. The largest absolute Gasteiger partial charge is 0.344 e. The van der Waals surface area contributed by atoms with Gasteiger partial charge in [0.1, 0.15) is 0 Å². The Labute approximate surface area is 90.3 Å². The Morgan fingerprint density at radius 2 is 2.33 bits per heavy atom. The molecule has 0 fully saturated rings. The van der Waals surface area contributed by atoms with Crippen LogP contribution in [0.15, 0.2) is 24.4 Å². The molecule has 1 N–H and O–H groups in total. The number of amides is 1. The van der Waals surface area contributed by atoms with Crippen LogP contribution in [-0.2, 0) is 11.2 Å². The first-order chi connectivity index (χ1) is 7.24. The predicted molar refractivity (Wildman–Crippen MR) is 59.5 cm³/mol.